The molecular weight excluding hydrogens is 177 g/mol. The molecule has 0 aliphatic rings. The zero-order valence-electron chi connectivity index (χ0n) is 6.45. The summed E-state index contributed by atoms with van der Waals surface area (Å²) in [4.78, 5) is 9.66. The zero-order valence-corrected chi connectivity index (χ0v) is 6.45. The Hall–Kier alpha value is -1.98. The molecule has 0 saturated carbocycles. The van der Waals surface area contributed by atoms with Gasteiger partial charge in [0, 0.05) is 6.07 Å². The summed E-state index contributed by atoms with van der Waals surface area (Å²) in [5, 5.41) is 17.3. The molecule has 0 heterocycles. The van der Waals surface area contributed by atoms with Crippen LogP contribution in [0.4, 0.5) is 10.1 Å². The fourth-order valence-corrected chi connectivity index (χ4v) is 0.883. The second-order valence-corrected chi connectivity index (χ2v) is 2.33. The van der Waals surface area contributed by atoms with Gasteiger partial charge in [-0.2, -0.15) is 0 Å². The highest BCUT2D eigenvalue weighted by Gasteiger charge is 2.15. The van der Waals surface area contributed by atoms with Gasteiger partial charge >= 0.3 is 0 Å². The highest BCUT2D eigenvalue weighted by Crippen LogP contribution is 2.18. The van der Waals surface area contributed by atoms with Crippen LogP contribution in [-0.2, 0) is 0 Å². The van der Waals surface area contributed by atoms with E-state index in [1.807, 2.05) is 0 Å². The molecule has 6 heteroatoms. The van der Waals surface area contributed by atoms with Crippen molar-refractivity contribution in [3.63, 3.8) is 0 Å². The first-order chi connectivity index (χ1) is 6.02. The second kappa shape index (κ2) is 3.18. The highest BCUT2D eigenvalue weighted by atomic mass is 19.1. The van der Waals surface area contributed by atoms with E-state index in [4.69, 9.17) is 11.1 Å². The van der Waals surface area contributed by atoms with Crippen LogP contribution in [0.1, 0.15) is 5.56 Å². The Morgan fingerprint density at radius 3 is 2.69 bits per heavy atom. The van der Waals surface area contributed by atoms with Crippen molar-refractivity contribution in [3.8, 4) is 0 Å². The van der Waals surface area contributed by atoms with E-state index in [-0.39, 0.29) is 11.3 Å². The van der Waals surface area contributed by atoms with Gasteiger partial charge in [-0.15, -0.1) is 0 Å². The van der Waals surface area contributed by atoms with E-state index in [9.17, 15) is 14.5 Å². The van der Waals surface area contributed by atoms with Gasteiger partial charge in [-0.25, -0.2) is 4.39 Å². The first kappa shape index (κ1) is 9.11. The van der Waals surface area contributed by atoms with Crippen molar-refractivity contribution in [2.45, 2.75) is 0 Å². The smallest absolute Gasteiger partial charge is 0.280 e. The van der Waals surface area contributed by atoms with Gasteiger partial charge in [0.2, 0.25) is 0 Å². The molecule has 0 aliphatic heterocycles. The number of rotatable bonds is 2. The Morgan fingerprint density at radius 1 is 1.62 bits per heavy atom. The van der Waals surface area contributed by atoms with Gasteiger partial charge in [-0.3, -0.25) is 15.5 Å². The standard InChI is InChI=1S/C7H6FN3O2/c8-4-1-2-6(11(12)13)5(3-4)7(9)10/h1-3H,(H3,9,10). The number of nitro benzene ring substituents is 1. The third kappa shape index (κ3) is 1.78. The molecule has 13 heavy (non-hydrogen) atoms. The summed E-state index contributed by atoms with van der Waals surface area (Å²) < 4.78 is 12.6. The lowest BCUT2D eigenvalue weighted by atomic mass is 10.1. The quantitative estimate of drug-likeness (QED) is 0.310. The van der Waals surface area contributed by atoms with Crippen molar-refractivity contribution in [1.29, 1.82) is 5.41 Å². The summed E-state index contributed by atoms with van der Waals surface area (Å²) in [7, 11) is 0. The predicted molar refractivity (Wildman–Crippen MR) is 44.1 cm³/mol. The lowest BCUT2D eigenvalue weighted by Crippen LogP contribution is -2.13. The first-order valence-electron chi connectivity index (χ1n) is 3.30. The van der Waals surface area contributed by atoms with E-state index < -0.39 is 16.6 Å². The highest BCUT2D eigenvalue weighted by molar-refractivity contribution is 5.98. The SMILES string of the molecule is N=C(N)c1cc(F)ccc1[N+](=O)[O-]. The van der Waals surface area contributed by atoms with E-state index >= 15 is 0 Å². The topological polar surface area (TPSA) is 93.0 Å². The summed E-state index contributed by atoms with van der Waals surface area (Å²) in [6.07, 6.45) is 0. The fourth-order valence-electron chi connectivity index (χ4n) is 0.883. The number of hydrogen-bond acceptors (Lipinski definition) is 3. The molecule has 0 saturated heterocycles. The van der Waals surface area contributed by atoms with Crippen LogP contribution in [0.3, 0.4) is 0 Å². The van der Waals surface area contributed by atoms with Crippen molar-refractivity contribution < 1.29 is 9.31 Å². The number of nitro groups is 1. The third-order valence-electron chi connectivity index (χ3n) is 1.45. The van der Waals surface area contributed by atoms with Crippen LogP contribution in [0.5, 0.6) is 0 Å². The van der Waals surface area contributed by atoms with E-state index in [0.29, 0.717) is 0 Å². The Balaban J connectivity index is 3.35. The van der Waals surface area contributed by atoms with E-state index in [1.165, 1.54) is 0 Å². The number of nitrogens with one attached hydrogen (secondary N) is 1. The van der Waals surface area contributed by atoms with Crippen LogP contribution in [0.2, 0.25) is 0 Å². The van der Waals surface area contributed by atoms with Crippen molar-refractivity contribution in [2.75, 3.05) is 0 Å². The minimum Gasteiger partial charge on any atom is -0.383 e. The lowest BCUT2D eigenvalue weighted by molar-refractivity contribution is -0.385. The molecule has 0 spiro atoms. The van der Waals surface area contributed by atoms with Crippen molar-refractivity contribution in [1.82, 2.24) is 0 Å². The van der Waals surface area contributed by atoms with Gasteiger partial charge in [0.1, 0.15) is 11.7 Å². The fraction of sp³-hybridized carbons (Fsp3) is 0. The van der Waals surface area contributed by atoms with Gasteiger partial charge in [0.25, 0.3) is 5.69 Å². The molecule has 1 aromatic carbocycles. The summed E-state index contributed by atoms with van der Waals surface area (Å²) in [5.41, 5.74) is 4.46. The molecule has 1 rings (SSSR count). The monoisotopic (exact) mass is 183 g/mol. The number of nitrogens with two attached hydrogens (primary N) is 1. The van der Waals surface area contributed by atoms with Crippen LogP contribution in [-0.4, -0.2) is 10.8 Å². The molecule has 1 aromatic rings. The summed E-state index contributed by atoms with van der Waals surface area (Å²) in [6, 6.07) is 2.79. The lowest BCUT2D eigenvalue weighted by Gasteiger charge is -1.99. The van der Waals surface area contributed by atoms with Crippen LogP contribution < -0.4 is 5.73 Å². The molecule has 5 nitrogen and oxygen atoms in total. The van der Waals surface area contributed by atoms with Crippen LogP contribution in [0.15, 0.2) is 18.2 Å². The molecule has 0 bridgehead atoms. The number of nitrogens with zero attached hydrogens (tertiary/aromatic N) is 1. The van der Waals surface area contributed by atoms with Gasteiger partial charge in [-0.1, -0.05) is 0 Å². The maximum Gasteiger partial charge on any atom is 0.280 e. The van der Waals surface area contributed by atoms with Crippen molar-refractivity contribution in [3.05, 3.63) is 39.7 Å². The second-order valence-electron chi connectivity index (χ2n) is 2.33. The zero-order chi connectivity index (χ0) is 10.0. The molecular formula is C7H6FN3O2. The Kier molecular flexibility index (Phi) is 2.23. The average molecular weight is 183 g/mol. The van der Waals surface area contributed by atoms with Crippen LogP contribution in [0.25, 0.3) is 0 Å². The maximum absolute atomic E-state index is 12.6. The minimum atomic E-state index is -0.712. The molecule has 0 fully saturated rings. The molecule has 68 valence electrons. The van der Waals surface area contributed by atoms with Crippen LogP contribution >= 0.6 is 0 Å². The average Bonchev–Trinajstić information content (AvgIpc) is 2.03. The largest absolute Gasteiger partial charge is 0.383 e. The number of hydrogen-bond donors (Lipinski definition) is 2. The Morgan fingerprint density at radius 2 is 2.23 bits per heavy atom. The normalized spacial score (nSPS) is 9.62. The van der Waals surface area contributed by atoms with Gasteiger partial charge in [0.05, 0.1) is 10.5 Å². The van der Waals surface area contributed by atoms with Crippen molar-refractivity contribution >= 4 is 11.5 Å². The molecule has 0 aliphatic carbocycles. The third-order valence-corrected chi connectivity index (χ3v) is 1.45. The summed E-state index contributed by atoms with van der Waals surface area (Å²) in [6.45, 7) is 0. The summed E-state index contributed by atoms with van der Waals surface area (Å²) in [5.74, 6) is -1.18. The first-order valence-corrected chi connectivity index (χ1v) is 3.30. The number of halogens is 1. The van der Waals surface area contributed by atoms with Gasteiger partial charge in [-0.05, 0) is 12.1 Å². The summed E-state index contributed by atoms with van der Waals surface area (Å²) >= 11 is 0. The van der Waals surface area contributed by atoms with Crippen LogP contribution in [0, 0.1) is 21.3 Å². The molecule has 0 amide bonds. The predicted octanol–water partition coefficient (Wildman–Crippen LogP) is 1.02. The molecule has 0 unspecified atom stereocenters. The van der Waals surface area contributed by atoms with Gasteiger partial charge in [0.15, 0.2) is 0 Å². The molecule has 0 aromatic heterocycles. The number of amidine groups is 1. The molecule has 0 radical (unpaired) electrons. The van der Waals surface area contributed by atoms with E-state index in [0.717, 1.165) is 18.2 Å². The maximum atomic E-state index is 12.6. The molecule has 0 atom stereocenters. The number of nitrogen functional groups attached to an aromatic ring is 1. The van der Waals surface area contributed by atoms with E-state index in [1.54, 1.807) is 0 Å². The van der Waals surface area contributed by atoms with Crippen molar-refractivity contribution in [2.24, 2.45) is 5.73 Å². The Labute approximate surface area is 72.6 Å². The Bertz CT molecular complexity index is 378. The van der Waals surface area contributed by atoms with E-state index in [2.05, 4.69) is 0 Å². The van der Waals surface area contributed by atoms with Gasteiger partial charge < -0.3 is 5.73 Å². The molecule has 3 N–H and O–H groups in total. The number of benzene rings is 1. The minimum absolute atomic E-state index is 0.204.